The fraction of sp³-hybridized carbons (Fsp3) is 0.0741. The lowest BCUT2D eigenvalue weighted by atomic mass is 10.0. The van der Waals surface area contributed by atoms with Crippen molar-refractivity contribution in [2.24, 2.45) is 0 Å². The molecule has 33 heavy (non-hydrogen) atoms. The van der Waals surface area contributed by atoms with Crippen molar-refractivity contribution in [2.45, 2.75) is 12.8 Å². The maximum atomic E-state index is 14.0. The summed E-state index contributed by atoms with van der Waals surface area (Å²) in [5, 5.41) is 3.81. The fourth-order valence-corrected chi connectivity index (χ4v) is 4.13. The number of amides is 1. The molecule has 4 nitrogen and oxygen atoms in total. The number of ether oxygens (including phenoxy) is 1. The van der Waals surface area contributed by atoms with Gasteiger partial charge in [0, 0.05) is 16.9 Å². The van der Waals surface area contributed by atoms with E-state index in [0.29, 0.717) is 21.9 Å². The van der Waals surface area contributed by atoms with E-state index >= 15 is 0 Å². The van der Waals surface area contributed by atoms with Crippen LogP contribution in [0, 0.1) is 5.82 Å². The number of nitrogens with one attached hydrogen (secondary N) is 1. The quantitative estimate of drug-likeness (QED) is 0.356. The summed E-state index contributed by atoms with van der Waals surface area (Å²) in [6, 6.07) is 29.0. The first-order valence-electron chi connectivity index (χ1n) is 10.5. The van der Waals surface area contributed by atoms with E-state index in [2.05, 4.69) is 5.32 Å². The predicted octanol–water partition coefficient (Wildman–Crippen LogP) is 6.83. The Morgan fingerprint density at radius 3 is 2.36 bits per heavy atom. The summed E-state index contributed by atoms with van der Waals surface area (Å²) in [7, 11) is 0. The molecule has 1 heterocycles. The van der Waals surface area contributed by atoms with Crippen molar-refractivity contribution in [1.29, 1.82) is 0 Å². The SMILES string of the molecule is O=C1c2ccccc2N[C@H](c2ccc(OCc3c(F)cccc3Cl)cc2)N1c1ccccc1. The second-order valence-corrected chi connectivity index (χ2v) is 8.07. The first-order chi connectivity index (χ1) is 16.1. The van der Waals surface area contributed by atoms with Gasteiger partial charge in [-0.2, -0.15) is 0 Å². The molecule has 1 aliphatic heterocycles. The summed E-state index contributed by atoms with van der Waals surface area (Å²) in [5.41, 5.74) is 3.41. The van der Waals surface area contributed by atoms with E-state index in [4.69, 9.17) is 16.3 Å². The molecule has 4 aromatic carbocycles. The van der Waals surface area contributed by atoms with E-state index in [-0.39, 0.29) is 12.5 Å². The molecular formula is C27H20ClFN2O2. The Hall–Kier alpha value is -3.83. The van der Waals surface area contributed by atoms with Crippen LogP contribution in [-0.2, 0) is 6.61 Å². The minimum atomic E-state index is -0.402. The van der Waals surface area contributed by atoms with Gasteiger partial charge in [-0.3, -0.25) is 9.69 Å². The number of hydrogen-bond acceptors (Lipinski definition) is 3. The number of carbonyl (C=O) groups is 1. The van der Waals surface area contributed by atoms with Gasteiger partial charge in [0.15, 0.2) is 0 Å². The number of halogens is 2. The average Bonchev–Trinajstić information content (AvgIpc) is 2.85. The molecule has 0 unspecified atom stereocenters. The molecule has 4 aromatic rings. The normalized spacial score (nSPS) is 15.0. The molecule has 0 bridgehead atoms. The van der Waals surface area contributed by atoms with Crippen molar-refractivity contribution >= 4 is 28.9 Å². The van der Waals surface area contributed by atoms with E-state index in [1.54, 1.807) is 29.2 Å². The summed E-state index contributed by atoms with van der Waals surface area (Å²) in [6.07, 6.45) is -0.398. The van der Waals surface area contributed by atoms with Crippen LogP contribution < -0.4 is 15.0 Å². The molecule has 0 saturated heterocycles. The zero-order chi connectivity index (χ0) is 22.8. The number of rotatable bonds is 5. The lowest BCUT2D eigenvalue weighted by Crippen LogP contribution is -2.43. The van der Waals surface area contributed by atoms with E-state index in [0.717, 1.165) is 16.9 Å². The van der Waals surface area contributed by atoms with Crippen LogP contribution in [0.3, 0.4) is 0 Å². The Bertz CT molecular complexity index is 1280. The third-order valence-corrected chi connectivity index (χ3v) is 5.96. The first-order valence-corrected chi connectivity index (χ1v) is 10.9. The molecule has 0 radical (unpaired) electrons. The number of fused-ring (bicyclic) bond motifs is 1. The molecule has 0 fully saturated rings. The molecule has 1 atom stereocenters. The Kier molecular flexibility index (Phi) is 5.71. The molecule has 1 amide bonds. The molecular weight excluding hydrogens is 439 g/mol. The van der Waals surface area contributed by atoms with Gasteiger partial charge in [0.05, 0.1) is 10.6 Å². The van der Waals surface area contributed by atoms with Crippen LogP contribution in [0.15, 0.2) is 97.1 Å². The summed E-state index contributed by atoms with van der Waals surface area (Å²) in [6.45, 7) is 0.0224. The summed E-state index contributed by atoms with van der Waals surface area (Å²) in [5.74, 6) is 0.100. The smallest absolute Gasteiger partial charge is 0.262 e. The number of nitrogens with zero attached hydrogens (tertiary/aromatic N) is 1. The van der Waals surface area contributed by atoms with Crippen molar-refractivity contribution < 1.29 is 13.9 Å². The van der Waals surface area contributed by atoms with Gasteiger partial charge in [-0.1, -0.05) is 60.1 Å². The molecule has 0 aliphatic carbocycles. The number of anilines is 2. The highest BCUT2D eigenvalue weighted by atomic mass is 35.5. The van der Waals surface area contributed by atoms with Crippen LogP contribution in [0.5, 0.6) is 5.75 Å². The number of carbonyl (C=O) groups excluding carboxylic acids is 1. The van der Waals surface area contributed by atoms with E-state index < -0.39 is 12.0 Å². The largest absolute Gasteiger partial charge is 0.489 e. The lowest BCUT2D eigenvalue weighted by molar-refractivity contribution is 0.0975. The van der Waals surface area contributed by atoms with Crippen molar-refractivity contribution in [3.8, 4) is 5.75 Å². The van der Waals surface area contributed by atoms with Crippen molar-refractivity contribution in [2.75, 3.05) is 10.2 Å². The Morgan fingerprint density at radius 1 is 0.879 bits per heavy atom. The van der Waals surface area contributed by atoms with Crippen molar-refractivity contribution in [3.63, 3.8) is 0 Å². The summed E-state index contributed by atoms with van der Waals surface area (Å²) < 4.78 is 19.8. The number of para-hydroxylation sites is 2. The molecule has 5 rings (SSSR count). The van der Waals surface area contributed by atoms with Crippen molar-refractivity contribution in [1.82, 2.24) is 0 Å². The molecule has 0 spiro atoms. The standard InChI is InChI=1S/C27H20ClFN2O2/c28-23-10-6-11-24(29)22(23)17-33-20-15-13-18(14-16-20)26-30-25-12-5-4-9-21(25)27(32)31(26)19-7-2-1-3-8-19/h1-16,26,30H,17H2/t26-/m0/s1. The van der Waals surface area contributed by atoms with Gasteiger partial charge < -0.3 is 10.1 Å². The molecule has 164 valence electrons. The van der Waals surface area contributed by atoms with E-state index in [1.165, 1.54) is 6.07 Å². The van der Waals surface area contributed by atoms with Crippen LogP contribution in [0.25, 0.3) is 0 Å². The summed E-state index contributed by atoms with van der Waals surface area (Å²) >= 11 is 6.09. The van der Waals surface area contributed by atoms with Gasteiger partial charge >= 0.3 is 0 Å². The predicted molar refractivity (Wildman–Crippen MR) is 128 cm³/mol. The lowest BCUT2D eigenvalue weighted by Gasteiger charge is -2.38. The van der Waals surface area contributed by atoms with Gasteiger partial charge in [0.25, 0.3) is 5.91 Å². The van der Waals surface area contributed by atoms with E-state index in [1.807, 2.05) is 66.7 Å². The molecule has 1 N–H and O–H groups in total. The molecule has 6 heteroatoms. The molecule has 0 aromatic heterocycles. The second-order valence-electron chi connectivity index (χ2n) is 7.66. The van der Waals surface area contributed by atoms with Crippen LogP contribution in [0.1, 0.15) is 27.7 Å². The van der Waals surface area contributed by atoms with Crippen LogP contribution in [-0.4, -0.2) is 5.91 Å². The van der Waals surface area contributed by atoms with Crippen molar-refractivity contribution in [3.05, 3.63) is 125 Å². The Morgan fingerprint density at radius 2 is 1.61 bits per heavy atom. The Labute approximate surface area is 196 Å². The minimum absolute atomic E-state index is 0.0224. The number of hydrogen-bond donors (Lipinski definition) is 1. The van der Waals surface area contributed by atoms with Crippen LogP contribution in [0.2, 0.25) is 5.02 Å². The monoisotopic (exact) mass is 458 g/mol. The average molecular weight is 459 g/mol. The highest BCUT2D eigenvalue weighted by molar-refractivity contribution is 6.31. The van der Waals surface area contributed by atoms with Gasteiger partial charge in [0.1, 0.15) is 24.3 Å². The van der Waals surface area contributed by atoms with Gasteiger partial charge in [-0.15, -0.1) is 0 Å². The molecule has 1 aliphatic rings. The van der Waals surface area contributed by atoms with Gasteiger partial charge in [-0.25, -0.2) is 4.39 Å². The Balaban J connectivity index is 1.43. The highest BCUT2D eigenvalue weighted by Crippen LogP contribution is 2.37. The number of benzene rings is 4. The first kappa shape index (κ1) is 21.0. The zero-order valence-corrected chi connectivity index (χ0v) is 18.3. The third-order valence-electron chi connectivity index (χ3n) is 5.60. The minimum Gasteiger partial charge on any atom is -0.489 e. The van der Waals surface area contributed by atoms with Gasteiger partial charge in [0.2, 0.25) is 0 Å². The highest BCUT2D eigenvalue weighted by Gasteiger charge is 2.33. The third kappa shape index (κ3) is 4.15. The maximum Gasteiger partial charge on any atom is 0.262 e. The summed E-state index contributed by atoms with van der Waals surface area (Å²) in [4.78, 5) is 15.2. The topological polar surface area (TPSA) is 41.6 Å². The fourth-order valence-electron chi connectivity index (χ4n) is 3.91. The molecule has 0 saturated carbocycles. The zero-order valence-electron chi connectivity index (χ0n) is 17.5. The van der Waals surface area contributed by atoms with Crippen LogP contribution in [0.4, 0.5) is 15.8 Å². The maximum absolute atomic E-state index is 14.0. The van der Waals surface area contributed by atoms with Crippen LogP contribution >= 0.6 is 11.6 Å². The second kappa shape index (κ2) is 8.96. The van der Waals surface area contributed by atoms with E-state index in [9.17, 15) is 9.18 Å². The van der Waals surface area contributed by atoms with Gasteiger partial charge in [-0.05, 0) is 54.1 Å².